The second-order valence-electron chi connectivity index (χ2n) is 7.55. The Hall–Kier alpha value is -3.16. The molecule has 3 aromatic rings. The molecule has 0 saturated heterocycles. The maximum absolute atomic E-state index is 12.0. The normalized spacial score (nSPS) is 14.7. The van der Waals surface area contributed by atoms with Crippen LogP contribution in [-0.4, -0.2) is 33.4 Å². The largest absolute Gasteiger partial charge is 0.364 e. The first-order valence-electron chi connectivity index (χ1n) is 10.3. The van der Waals surface area contributed by atoms with E-state index in [1.165, 1.54) is 32.1 Å². The molecule has 1 fully saturated rings. The van der Waals surface area contributed by atoms with Crippen LogP contribution in [0.15, 0.2) is 24.5 Å². The number of H-pyrrole nitrogens is 2. The number of nitrogens with one attached hydrogen (secondary N) is 5. The van der Waals surface area contributed by atoms with Crippen molar-refractivity contribution in [2.24, 2.45) is 0 Å². The first-order valence-corrected chi connectivity index (χ1v) is 10.3. The Morgan fingerprint density at radius 2 is 2.07 bits per heavy atom. The van der Waals surface area contributed by atoms with Gasteiger partial charge in [0.2, 0.25) is 5.52 Å². The zero-order valence-corrected chi connectivity index (χ0v) is 16.9. The molecule has 1 aliphatic carbocycles. The Labute approximate surface area is 169 Å². The SMILES string of the molecule is CCNC(=O)c1ccc(Nc2nc(NC3CCCCC3)c3[nH]c[nH+]c3n2)c(C)c1. The summed E-state index contributed by atoms with van der Waals surface area (Å²) in [6.07, 6.45) is 7.92. The van der Waals surface area contributed by atoms with E-state index in [-0.39, 0.29) is 5.91 Å². The van der Waals surface area contributed by atoms with E-state index in [1.54, 1.807) is 6.33 Å². The van der Waals surface area contributed by atoms with E-state index in [9.17, 15) is 4.79 Å². The van der Waals surface area contributed by atoms with Crippen molar-refractivity contribution in [1.82, 2.24) is 20.3 Å². The topological polar surface area (TPSA) is 109 Å². The quantitative estimate of drug-likeness (QED) is 0.513. The molecule has 0 aliphatic heterocycles. The predicted octanol–water partition coefficient (Wildman–Crippen LogP) is 3.32. The third-order valence-corrected chi connectivity index (χ3v) is 5.35. The summed E-state index contributed by atoms with van der Waals surface area (Å²) < 4.78 is 0. The lowest BCUT2D eigenvalue weighted by Gasteiger charge is -2.23. The average Bonchev–Trinajstić information content (AvgIpc) is 3.19. The van der Waals surface area contributed by atoms with Crippen molar-refractivity contribution in [2.75, 3.05) is 17.2 Å². The summed E-state index contributed by atoms with van der Waals surface area (Å²) in [5.41, 5.74) is 4.10. The first-order chi connectivity index (χ1) is 14.1. The molecule has 8 heteroatoms. The summed E-state index contributed by atoms with van der Waals surface area (Å²) in [6, 6.07) is 6.01. The van der Waals surface area contributed by atoms with E-state index in [1.807, 2.05) is 32.0 Å². The van der Waals surface area contributed by atoms with Gasteiger partial charge in [-0.15, -0.1) is 0 Å². The number of amides is 1. The summed E-state index contributed by atoms with van der Waals surface area (Å²) in [4.78, 5) is 27.7. The van der Waals surface area contributed by atoms with E-state index in [4.69, 9.17) is 4.98 Å². The van der Waals surface area contributed by atoms with Crippen molar-refractivity contribution in [2.45, 2.75) is 52.0 Å². The number of fused-ring (bicyclic) bond motifs is 1. The molecule has 8 nitrogen and oxygen atoms in total. The van der Waals surface area contributed by atoms with E-state index in [2.05, 4.69) is 30.9 Å². The zero-order chi connectivity index (χ0) is 20.2. The van der Waals surface area contributed by atoms with Crippen LogP contribution in [0, 0.1) is 6.92 Å². The lowest BCUT2D eigenvalue weighted by molar-refractivity contribution is -0.347. The number of aromatic amines is 2. The van der Waals surface area contributed by atoms with Gasteiger partial charge in [-0.05, 0) is 50.5 Å². The van der Waals surface area contributed by atoms with Gasteiger partial charge in [0.1, 0.15) is 0 Å². The van der Waals surface area contributed by atoms with E-state index in [0.717, 1.165) is 28.2 Å². The Morgan fingerprint density at radius 3 is 2.83 bits per heavy atom. The molecule has 1 saturated carbocycles. The molecule has 1 aromatic carbocycles. The van der Waals surface area contributed by atoms with Crippen LogP contribution in [0.1, 0.15) is 54.9 Å². The third-order valence-electron chi connectivity index (χ3n) is 5.35. The first kappa shape index (κ1) is 19.2. The molecule has 2 aromatic heterocycles. The van der Waals surface area contributed by atoms with Crippen molar-refractivity contribution < 1.29 is 9.78 Å². The van der Waals surface area contributed by atoms with Crippen LogP contribution in [-0.2, 0) is 0 Å². The molecule has 0 radical (unpaired) electrons. The molecule has 5 N–H and O–H groups in total. The Morgan fingerprint density at radius 1 is 1.24 bits per heavy atom. The van der Waals surface area contributed by atoms with Crippen molar-refractivity contribution in [3.63, 3.8) is 0 Å². The highest BCUT2D eigenvalue weighted by atomic mass is 16.1. The van der Waals surface area contributed by atoms with Gasteiger partial charge in [0.05, 0.1) is 0 Å². The number of benzene rings is 1. The van der Waals surface area contributed by atoms with Gasteiger partial charge in [-0.1, -0.05) is 24.2 Å². The molecular formula is C21H28N7O+. The van der Waals surface area contributed by atoms with Crippen LogP contribution >= 0.6 is 0 Å². The molecule has 0 spiro atoms. The number of aryl methyl sites for hydroxylation is 1. The number of carbonyl (C=O) groups excluding carboxylic acids is 1. The molecule has 0 bridgehead atoms. The maximum Gasteiger partial charge on any atom is 0.307 e. The highest BCUT2D eigenvalue weighted by Crippen LogP contribution is 2.26. The monoisotopic (exact) mass is 394 g/mol. The van der Waals surface area contributed by atoms with Gasteiger partial charge in [-0.2, -0.15) is 4.98 Å². The number of hydrogen-bond donors (Lipinski definition) is 4. The van der Waals surface area contributed by atoms with Gasteiger partial charge in [0.25, 0.3) is 5.91 Å². The molecular weight excluding hydrogens is 366 g/mol. The number of anilines is 3. The van der Waals surface area contributed by atoms with Gasteiger partial charge in [-0.25, -0.2) is 4.98 Å². The summed E-state index contributed by atoms with van der Waals surface area (Å²) in [6.45, 7) is 4.48. The number of imidazole rings is 1. The van der Waals surface area contributed by atoms with E-state index >= 15 is 0 Å². The highest BCUT2D eigenvalue weighted by Gasteiger charge is 2.20. The van der Waals surface area contributed by atoms with E-state index < -0.39 is 0 Å². The predicted molar refractivity (Wildman–Crippen MR) is 113 cm³/mol. The highest BCUT2D eigenvalue weighted by molar-refractivity contribution is 5.95. The fourth-order valence-electron chi connectivity index (χ4n) is 3.81. The van der Waals surface area contributed by atoms with Gasteiger partial charge in [-0.3, -0.25) is 9.78 Å². The molecule has 152 valence electrons. The second-order valence-corrected chi connectivity index (χ2v) is 7.55. The van der Waals surface area contributed by atoms with Gasteiger partial charge < -0.3 is 16.0 Å². The lowest BCUT2D eigenvalue weighted by Crippen LogP contribution is -2.23. The molecule has 0 atom stereocenters. The molecule has 0 unspecified atom stereocenters. The minimum absolute atomic E-state index is 0.0688. The summed E-state index contributed by atoms with van der Waals surface area (Å²) in [5, 5.41) is 9.72. The number of hydrogen-bond acceptors (Lipinski definition) is 5. The Kier molecular flexibility index (Phi) is 5.59. The van der Waals surface area contributed by atoms with Crippen LogP contribution < -0.4 is 20.9 Å². The summed E-state index contributed by atoms with van der Waals surface area (Å²) >= 11 is 0. The summed E-state index contributed by atoms with van der Waals surface area (Å²) in [5.74, 6) is 1.25. The van der Waals surface area contributed by atoms with Crippen molar-refractivity contribution in [3.8, 4) is 0 Å². The van der Waals surface area contributed by atoms with Gasteiger partial charge in [0, 0.05) is 23.8 Å². The van der Waals surface area contributed by atoms with Gasteiger partial charge >= 0.3 is 11.6 Å². The molecule has 4 rings (SSSR count). The standard InChI is InChI=1S/C21H27N7O/c1-3-22-20(29)14-9-10-16(13(2)11-14)26-21-27-18-17(23-12-24-18)19(28-21)25-15-7-5-4-6-8-15/h9-12,15H,3-8H2,1-2H3,(H,22,29)(H3,23,24,25,26,27,28)/p+1. The number of carbonyl (C=O) groups is 1. The minimum atomic E-state index is -0.0688. The van der Waals surface area contributed by atoms with E-state index in [0.29, 0.717) is 24.1 Å². The lowest BCUT2D eigenvalue weighted by atomic mass is 9.95. The molecule has 29 heavy (non-hydrogen) atoms. The molecule has 1 aliphatic rings. The number of nitrogens with zero attached hydrogens (tertiary/aromatic N) is 2. The Balaban J connectivity index is 1.58. The smallest absolute Gasteiger partial charge is 0.307 e. The van der Waals surface area contributed by atoms with Crippen LogP contribution in [0.25, 0.3) is 11.2 Å². The fraction of sp³-hybridized carbons (Fsp3) is 0.429. The van der Waals surface area contributed by atoms with Crippen LogP contribution in [0.2, 0.25) is 0 Å². The zero-order valence-electron chi connectivity index (χ0n) is 16.9. The Bertz CT molecular complexity index is 1010. The number of rotatable bonds is 6. The van der Waals surface area contributed by atoms with Gasteiger partial charge in [0.15, 0.2) is 12.1 Å². The maximum atomic E-state index is 12.0. The third kappa shape index (κ3) is 4.31. The summed E-state index contributed by atoms with van der Waals surface area (Å²) in [7, 11) is 0. The molecule has 2 heterocycles. The van der Waals surface area contributed by atoms with Crippen LogP contribution in [0.3, 0.4) is 0 Å². The fourth-order valence-corrected chi connectivity index (χ4v) is 3.81. The van der Waals surface area contributed by atoms with Crippen LogP contribution in [0.5, 0.6) is 0 Å². The molecule has 1 amide bonds. The second kappa shape index (κ2) is 8.46. The van der Waals surface area contributed by atoms with Crippen molar-refractivity contribution in [1.29, 1.82) is 0 Å². The van der Waals surface area contributed by atoms with Crippen molar-refractivity contribution in [3.05, 3.63) is 35.7 Å². The average molecular weight is 395 g/mol. The number of aromatic nitrogens is 4. The van der Waals surface area contributed by atoms with Crippen LogP contribution in [0.4, 0.5) is 17.5 Å². The minimum Gasteiger partial charge on any atom is -0.364 e. The van der Waals surface area contributed by atoms with Crippen molar-refractivity contribution >= 4 is 34.5 Å².